The van der Waals surface area contributed by atoms with Crippen LogP contribution in [0.2, 0.25) is 0 Å². The molecular weight excluding hydrogens is 483 g/mol. The molecule has 1 unspecified atom stereocenters. The number of halogens is 1. The number of aryl methyl sites for hydroxylation is 1. The van der Waals surface area contributed by atoms with Crippen LogP contribution in [0.15, 0.2) is 11.2 Å². The highest BCUT2D eigenvalue weighted by Crippen LogP contribution is 2.32. The van der Waals surface area contributed by atoms with Crippen LogP contribution in [0.1, 0.15) is 57.7 Å². The largest absolute Gasteiger partial charge is 0.450 e. The zero-order valence-electron chi connectivity index (χ0n) is 18.6. The van der Waals surface area contributed by atoms with Crippen LogP contribution in [0, 0.1) is 5.92 Å². The van der Waals surface area contributed by atoms with E-state index in [1.807, 2.05) is 25.7 Å². The third kappa shape index (κ3) is 8.02. The number of alkyl carbamates (subject to hydrolysis) is 1. The molecule has 1 atom stereocenters. The second kappa shape index (κ2) is 12.2. The standard InChI is InChI=1S/C20H36N6O2.HI/c1-7-21-19(22-11-17(15-9-10-15)23-20(27)28-8-2)25(5)12-16-13-26(6)24-18(16)14(3)4;/h13-15,17H,7-12H2,1-6H3,(H,21,22)(H,23,27);1H. The van der Waals surface area contributed by atoms with Crippen molar-refractivity contribution in [3.05, 3.63) is 17.5 Å². The molecule has 2 rings (SSSR count). The van der Waals surface area contributed by atoms with Crippen LogP contribution in [-0.4, -0.2) is 59.5 Å². The number of rotatable bonds is 9. The van der Waals surface area contributed by atoms with Gasteiger partial charge in [-0.2, -0.15) is 5.10 Å². The lowest BCUT2D eigenvalue weighted by Crippen LogP contribution is -2.42. The summed E-state index contributed by atoms with van der Waals surface area (Å²) in [6, 6.07) is 0.0192. The summed E-state index contributed by atoms with van der Waals surface area (Å²) in [6.07, 6.45) is 3.98. The van der Waals surface area contributed by atoms with Crippen LogP contribution < -0.4 is 10.6 Å². The molecule has 29 heavy (non-hydrogen) atoms. The third-order valence-electron chi connectivity index (χ3n) is 4.80. The summed E-state index contributed by atoms with van der Waals surface area (Å²) in [5, 5.41) is 10.9. The topological polar surface area (TPSA) is 83.8 Å². The van der Waals surface area contributed by atoms with E-state index in [2.05, 4.69) is 47.6 Å². The first-order chi connectivity index (χ1) is 13.3. The van der Waals surface area contributed by atoms with Crippen LogP contribution in [-0.2, 0) is 18.3 Å². The highest BCUT2D eigenvalue weighted by atomic mass is 127. The molecule has 1 aliphatic carbocycles. The first-order valence-electron chi connectivity index (χ1n) is 10.3. The Morgan fingerprint density at radius 2 is 2.10 bits per heavy atom. The number of hydrogen-bond donors (Lipinski definition) is 2. The smallest absolute Gasteiger partial charge is 0.407 e. The maximum Gasteiger partial charge on any atom is 0.407 e. The molecule has 0 aliphatic heterocycles. The number of aliphatic imine (C=N–C) groups is 1. The van der Waals surface area contributed by atoms with Crippen molar-refractivity contribution in [2.45, 2.75) is 59.0 Å². The lowest BCUT2D eigenvalue weighted by molar-refractivity contribution is 0.147. The van der Waals surface area contributed by atoms with E-state index in [-0.39, 0.29) is 36.1 Å². The van der Waals surface area contributed by atoms with Crippen molar-refractivity contribution in [3.8, 4) is 0 Å². The van der Waals surface area contributed by atoms with Gasteiger partial charge in [-0.1, -0.05) is 13.8 Å². The van der Waals surface area contributed by atoms with Crippen LogP contribution in [0.4, 0.5) is 4.79 Å². The highest BCUT2D eigenvalue weighted by molar-refractivity contribution is 14.0. The molecule has 1 heterocycles. The van der Waals surface area contributed by atoms with Crippen molar-refractivity contribution in [1.82, 2.24) is 25.3 Å². The number of amides is 1. The minimum absolute atomic E-state index is 0. The zero-order chi connectivity index (χ0) is 20.7. The van der Waals surface area contributed by atoms with Gasteiger partial charge in [0.2, 0.25) is 0 Å². The monoisotopic (exact) mass is 520 g/mol. The molecule has 1 amide bonds. The number of ether oxygens (including phenoxy) is 1. The molecule has 9 heteroatoms. The normalized spacial score (nSPS) is 14.9. The summed E-state index contributed by atoms with van der Waals surface area (Å²) in [7, 11) is 3.99. The average Bonchev–Trinajstić information content (AvgIpc) is 3.40. The van der Waals surface area contributed by atoms with Gasteiger partial charge < -0.3 is 20.3 Å². The summed E-state index contributed by atoms with van der Waals surface area (Å²) in [5.74, 6) is 1.70. The fourth-order valence-electron chi connectivity index (χ4n) is 3.28. The van der Waals surface area contributed by atoms with Crippen molar-refractivity contribution in [1.29, 1.82) is 0 Å². The Labute approximate surface area is 191 Å². The van der Waals surface area contributed by atoms with Gasteiger partial charge in [0, 0.05) is 38.9 Å². The van der Waals surface area contributed by atoms with Gasteiger partial charge in [0.05, 0.1) is 24.9 Å². The van der Waals surface area contributed by atoms with Gasteiger partial charge in [-0.3, -0.25) is 9.67 Å². The zero-order valence-corrected chi connectivity index (χ0v) is 20.9. The molecule has 8 nitrogen and oxygen atoms in total. The van der Waals surface area contributed by atoms with Gasteiger partial charge in [0.25, 0.3) is 0 Å². The van der Waals surface area contributed by atoms with E-state index >= 15 is 0 Å². The summed E-state index contributed by atoms with van der Waals surface area (Å²) in [5.41, 5.74) is 2.32. The first kappa shape index (κ1) is 25.5. The lowest BCUT2D eigenvalue weighted by atomic mass is 10.1. The molecule has 0 aromatic carbocycles. The van der Waals surface area contributed by atoms with Crippen LogP contribution in [0.25, 0.3) is 0 Å². The summed E-state index contributed by atoms with van der Waals surface area (Å²) in [4.78, 5) is 18.7. The molecule has 1 fully saturated rings. The molecule has 1 aliphatic rings. The molecule has 0 spiro atoms. The highest BCUT2D eigenvalue weighted by Gasteiger charge is 2.32. The van der Waals surface area contributed by atoms with E-state index in [1.165, 1.54) is 5.56 Å². The maximum atomic E-state index is 11.8. The number of guanidine groups is 1. The van der Waals surface area contributed by atoms with Crippen LogP contribution in [0.3, 0.4) is 0 Å². The number of nitrogens with zero attached hydrogens (tertiary/aromatic N) is 4. The molecule has 166 valence electrons. The molecule has 0 bridgehead atoms. The van der Waals surface area contributed by atoms with Crippen molar-refractivity contribution < 1.29 is 9.53 Å². The van der Waals surface area contributed by atoms with E-state index in [0.29, 0.717) is 25.0 Å². The van der Waals surface area contributed by atoms with E-state index < -0.39 is 0 Å². The van der Waals surface area contributed by atoms with E-state index in [0.717, 1.165) is 37.6 Å². The second-order valence-corrected chi connectivity index (χ2v) is 7.73. The van der Waals surface area contributed by atoms with Gasteiger partial charge in [-0.05, 0) is 38.5 Å². The quantitative estimate of drug-likeness (QED) is 0.297. The summed E-state index contributed by atoms with van der Waals surface area (Å²) < 4.78 is 6.91. The lowest BCUT2D eigenvalue weighted by Gasteiger charge is -2.23. The number of hydrogen-bond acceptors (Lipinski definition) is 4. The predicted octanol–water partition coefficient (Wildman–Crippen LogP) is 3.08. The minimum atomic E-state index is -0.357. The number of carbonyl (C=O) groups is 1. The number of nitrogens with one attached hydrogen (secondary N) is 2. The fourth-order valence-corrected chi connectivity index (χ4v) is 3.28. The Bertz CT molecular complexity index is 672. The minimum Gasteiger partial charge on any atom is -0.450 e. The molecule has 0 radical (unpaired) electrons. The Hall–Kier alpha value is -1.52. The van der Waals surface area contributed by atoms with E-state index in [1.54, 1.807) is 0 Å². The second-order valence-electron chi connectivity index (χ2n) is 7.73. The Morgan fingerprint density at radius 1 is 1.41 bits per heavy atom. The van der Waals surface area contributed by atoms with Crippen LogP contribution in [0.5, 0.6) is 0 Å². The van der Waals surface area contributed by atoms with Crippen molar-refractivity contribution >= 4 is 36.0 Å². The Kier molecular flexibility index (Phi) is 10.8. The number of carbonyl (C=O) groups excluding carboxylic acids is 1. The van der Waals surface area contributed by atoms with Gasteiger partial charge >= 0.3 is 6.09 Å². The molecule has 1 saturated carbocycles. The van der Waals surface area contributed by atoms with Crippen molar-refractivity contribution in [2.75, 3.05) is 26.7 Å². The van der Waals surface area contributed by atoms with Gasteiger partial charge in [-0.15, -0.1) is 24.0 Å². The Morgan fingerprint density at radius 3 is 2.66 bits per heavy atom. The Balaban J connectivity index is 0.00000420. The van der Waals surface area contributed by atoms with E-state index in [4.69, 9.17) is 9.73 Å². The average molecular weight is 520 g/mol. The summed E-state index contributed by atoms with van der Waals surface area (Å²) >= 11 is 0. The maximum absolute atomic E-state index is 11.8. The molecule has 0 saturated heterocycles. The summed E-state index contributed by atoms with van der Waals surface area (Å²) in [6.45, 7) is 10.6. The van der Waals surface area contributed by atoms with Gasteiger partial charge in [0.1, 0.15) is 0 Å². The molecule has 2 N–H and O–H groups in total. The van der Waals surface area contributed by atoms with Crippen molar-refractivity contribution in [2.24, 2.45) is 18.0 Å². The predicted molar refractivity (Wildman–Crippen MR) is 127 cm³/mol. The fraction of sp³-hybridized carbons (Fsp3) is 0.750. The first-order valence-corrected chi connectivity index (χ1v) is 10.3. The van der Waals surface area contributed by atoms with Crippen molar-refractivity contribution in [3.63, 3.8) is 0 Å². The number of aromatic nitrogens is 2. The molecule has 1 aromatic rings. The molecular formula is C20H37IN6O2. The SMILES string of the molecule is CCNC(=NCC(NC(=O)OCC)C1CC1)N(C)Cc1cn(C)nc1C(C)C.I. The molecule has 1 aromatic heterocycles. The van der Waals surface area contributed by atoms with Crippen LogP contribution >= 0.6 is 24.0 Å². The van der Waals surface area contributed by atoms with E-state index in [9.17, 15) is 4.79 Å². The van der Waals surface area contributed by atoms with Gasteiger partial charge in [0.15, 0.2) is 5.96 Å². The van der Waals surface area contributed by atoms with Gasteiger partial charge in [-0.25, -0.2) is 4.79 Å². The third-order valence-corrected chi connectivity index (χ3v) is 4.80.